The summed E-state index contributed by atoms with van der Waals surface area (Å²) in [5.41, 5.74) is 7.33. The van der Waals surface area contributed by atoms with Gasteiger partial charge in [0.2, 0.25) is 0 Å². The first-order chi connectivity index (χ1) is 10.2. The Morgan fingerprint density at radius 1 is 1.19 bits per heavy atom. The van der Waals surface area contributed by atoms with E-state index < -0.39 is 5.97 Å². The average Bonchev–Trinajstić information content (AvgIpc) is 2.91. The fourth-order valence-electron chi connectivity index (χ4n) is 2.07. The Bertz CT molecular complexity index is 813. The van der Waals surface area contributed by atoms with Crippen LogP contribution < -0.4 is 5.73 Å². The highest BCUT2D eigenvalue weighted by atomic mass is 35.5. The van der Waals surface area contributed by atoms with Gasteiger partial charge in [-0.2, -0.15) is 0 Å². The highest BCUT2D eigenvalue weighted by Crippen LogP contribution is 2.27. The van der Waals surface area contributed by atoms with Gasteiger partial charge in [-0.25, -0.2) is 4.79 Å². The number of fused-ring (bicyclic) bond motifs is 1. The van der Waals surface area contributed by atoms with E-state index in [1.54, 1.807) is 29.5 Å². The van der Waals surface area contributed by atoms with Crippen molar-refractivity contribution in [2.24, 2.45) is 0 Å². The summed E-state index contributed by atoms with van der Waals surface area (Å²) in [6, 6.07) is 12.9. The van der Waals surface area contributed by atoms with Crippen molar-refractivity contribution in [2.45, 2.75) is 6.61 Å². The van der Waals surface area contributed by atoms with Crippen LogP contribution >= 0.6 is 22.9 Å². The van der Waals surface area contributed by atoms with Gasteiger partial charge in [0, 0.05) is 10.3 Å². The number of thiophene rings is 1. The minimum Gasteiger partial charge on any atom is -0.457 e. The van der Waals surface area contributed by atoms with Gasteiger partial charge in [-0.3, -0.25) is 0 Å². The van der Waals surface area contributed by atoms with Crippen molar-refractivity contribution >= 4 is 44.7 Å². The molecule has 2 aromatic carbocycles. The Kier molecular flexibility index (Phi) is 3.82. The molecule has 0 atom stereocenters. The Morgan fingerprint density at radius 3 is 2.86 bits per heavy atom. The molecule has 21 heavy (non-hydrogen) atoms. The zero-order valence-electron chi connectivity index (χ0n) is 11.0. The van der Waals surface area contributed by atoms with Gasteiger partial charge in [0.25, 0.3) is 0 Å². The number of nitrogen functional groups attached to an aromatic ring is 1. The maximum atomic E-state index is 12.1. The van der Waals surface area contributed by atoms with Crippen molar-refractivity contribution < 1.29 is 9.53 Å². The van der Waals surface area contributed by atoms with Crippen LogP contribution in [0.25, 0.3) is 10.1 Å². The highest BCUT2D eigenvalue weighted by molar-refractivity contribution is 7.17. The Balaban J connectivity index is 1.78. The number of halogens is 1. The van der Waals surface area contributed by atoms with Crippen LogP contribution in [0.2, 0.25) is 5.02 Å². The lowest BCUT2D eigenvalue weighted by molar-refractivity contribution is 0.0475. The molecule has 0 radical (unpaired) electrons. The van der Waals surface area contributed by atoms with Gasteiger partial charge in [0.15, 0.2) is 0 Å². The van der Waals surface area contributed by atoms with Gasteiger partial charge < -0.3 is 10.5 Å². The molecule has 1 heterocycles. The molecule has 0 unspecified atom stereocenters. The standard InChI is InChI=1S/C16H12ClNO2S/c17-15-12(5-3-6-13(15)18)16(19)20-8-10-9-21-14-7-2-1-4-11(10)14/h1-7,9H,8,18H2. The summed E-state index contributed by atoms with van der Waals surface area (Å²) < 4.78 is 6.52. The molecular formula is C16H12ClNO2S. The SMILES string of the molecule is Nc1cccc(C(=O)OCc2csc3ccccc23)c1Cl. The molecule has 3 rings (SSSR count). The first-order valence-electron chi connectivity index (χ1n) is 6.33. The molecule has 0 saturated heterocycles. The van der Waals surface area contributed by atoms with Crippen LogP contribution in [0, 0.1) is 0 Å². The smallest absolute Gasteiger partial charge is 0.340 e. The van der Waals surface area contributed by atoms with Crippen molar-refractivity contribution in [3.63, 3.8) is 0 Å². The van der Waals surface area contributed by atoms with Crippen LogP contribution in [0.15, 0.2) is 47.8 Å². The lowest BCUT2D eigenvalue weighted by atomic mass is 10.2. The first kappa shape index (κ1) is 13.9. The zero-order chi connectivity index (χ0) is 14.8. The largest absolute Gasteiger partial charge is 0.457 e. The Morgan fingerprint density at radius 2 is 2.00 bits per heavy atom. The second kappa shape index (κ2) is 5.76. The van der Waals surface area contributed by atoms with Crippen molar-refractivity contribution in [1.82, 2.24) is 0 Å². The molecule has 106 valence electrons. The van der Waals surface area contributed by atoms with E-state index in [4.69, 9.17) is 22.1 Å². The van der Waals surface area contributed by atoms with Gasteiger partial charge in [-0.15, -0.1) is 11.3 Å². The van der Waals surface area contributed by atoms with E-state index in [1.807, 2.05) is 29.6 Å². The van der Waals surface area contributed by atoms with E-state index in [9.17, 15) is 4.79 Å². The molecule has 0 aliphatic heterocycles. The Hall–Kier alpha value is -2.04. The maximum absolute atomic E-state index is 12.1. The first-order valence-corrected chi connectivity index (χ1v) is 7.59. The van der Waals surface area contributed by atoms with Crippen LogP contribution in [0.4, 0.5) is 5.69 Å². The highest BCUT2D eigenvalue weighted by Gasteiger charge is 2.14. The molecule has 0 bridgehead atoms. The van der Waals surface area contributed by atoms with E-state index in [1.165, 1.54) is 4.70 Å². The molecule has 0 aliphatic rings. The summed E-state index contributed by atoms with van der Waals surface area (Å²) >= 11 is 7.65. The number of carbonyl (C=O) groups excluding carboxylic acids is 1. The fraction of sp³-hybridized carbons (Fsp3) is 0.0625. The number of anilines is 1. The van der Waals surface area contributed by atoms with Gasteiger partial charge in [0.05, 0.1) is 16.3 Å². The minimum atomic E-state index is -0.470. The van der Waals surface area contributed by atoms with E-state index >= 15 is 0 Å². The summed E-state index contributed by atoms with van der Waals surface area (Å²) in [4.78, 5) is 12.1. The fourth-order valence-corrected chi connectivity index (χ4v) is 3.22. The molecule has 0 saturated carbocycles. The number of rotatable bonds is 3. The molecule has 2 N–H and O–H groups in total. The molecule has 1 aromatic heterocycles. The third-order valence-electron chi connectivity index (χ3n) is 3.17. The number of carbonyl (C=O) groups is 1. The molecule has 0 spiro atoms. The lowest BCUT2D eigenvalue weighted by Crippen LogP contribution is -2.06. The lowest BCUT2D eigenvalue weighted by Gasteiger charge is -2.07. The summed E-state index contributed by atoms with van der Waals surface area (Å²) in [5.74, 6) is -0.470. The minimum absolute atomic E-state index is 0.216. The number of esters is 1. The third kappa shape index (κ3) is 2.73. The van der Waals surface area contributed by atoms with Gasteiger partial charge >= 0.3 is 5.97 Å². The van der Waals surface area contributed by atoms with E-state index in [0.29, 0.717) is 5.69 Å². The van der Waals surface area contributed by atoms with Gasteiger partial charge in [-0.1, -0.05) is 35.9 Å². The zero-order valence-corrected chi connectivity index (χ0v) is 12.6. The second-order valence-corrected chi connectivity index (χ2v) is 5.83. The third-order valence-corrected chi connectivity index (χ3v) is 4.60. The molecule has 0 aliphatic carbocycles. The molecule has 0 fully saturated rings. The van der Waals surface area contributed by atoms with Crippen molar-refractivity contribution in [1.29, 1.82) is 0 Å². The average molecular weight is 318 g/mol. The van der Waals surface area contributed by atoms with Crippen LogP contribution in [0.3, 0.4) is 0 Å². The van der Waals surface area contributed by atoms with E-state index in [-0.39, 0.29) is 17.2 Å². The monoisotopic (exact) mass is 317 g/mol. The number of hydrogen-bond donors (Lipinski definition) is 1. The molecule has 3 aromatic rings. The summed E-state index contributed by atoms with van der Waals surface area (Å²) in [7, 11) is 0. The van der Waals surface area contributed by atoms with Crippen molar-refractivity contribution in [2.75, 3.05) is 5.73 Å². The maximum Gasteiger partial charge on any atom is 0.340 e. The Labute approximate surface area is 130 Å². The van der Waals surface area contributed by atoms with E-state index in [2.05, 4.69) is 0 Å². The predicted molar refractivity (Wildman–Crippen MR) is 86.8 cm³/mol. The van der Waals surface area contributed by atoms with Crippen LogP contribution in [0.5, 0.6) is 0 Å². The van der Waals surface area contributed by atoms with E-state index in [0.717, 1.165) is 10.9 Å². The van der Waals surface area contributed by atoms with Crippen molar-refractivity contribution in [3.05, 3.63) is 64.0 Å². The van der Waals surface area contributed by atoms with Crippen LogP contribution in [-0.4, -0.2) is 5.97 Å². The number of nitrogens with two attached hydrogens (primary N) is 1. The molecule has 5 heteroatoms. The van der Waals surface area contributed by atoms with Crippen molar-refractivity contribution in [3.8, 4) is 0 Å². The normalized spacial score (nSPS) is 10.7. The molecule has 0 amide bonds. The number of ether oxygens (including phenoxy) is 1. The van der Waals surface area contributed by atoms with Gasteiger partial charge in [-0.05, 0) is 29.0 Å². The summed E-state index contributed by atoms with van der Waals surface area (Å²) in [6.45, 7) is 0.216. The quantitative estimate of drug-likeness (QED) is 0.572. The topological polar surface area (TPSA) is 52.3 Å². The molecule has 3 nitrogen and oxygen atoms in total. The summed E-state index contributed by atoms with van der Waals surface area (Å²) in [6.07, 6.45) is 0. The van der Waals surface area contributed by atoms with Crippen LogP contribution in [0.1, 0.15) is 15.9 Å². The van der Waals surface area contributed by atoms with Gasteiger partial charge in [0.1, 0.15) is 6.61 Å². The number of benzene rings is 2. The second-order valence-electron chi connectivity index (χ2n) is 4.54. The van der Waals surface area contributed by atoms with Crippen LogP contribution in [-0.2, 0) is 11.3 Å². The predicted octanol–water partition coefficient (Wildman–Crippen LogP) is 4.49. The summed E-state index contributed by atoms with van der Waals surface area (Å²) in [5, 5.41) is 3.34. The number of hydrogen-bond acceptors (Lipinski definition) is 4. The molecular weight excluding hydrogens is 306 g/mol.